The van der Waals surface area contributed by atoms with Crippen LogP contribution in [0, 0.1) is 6.92 Å². The van der Waals surface area contributed by atoms with Gasteiger partial charge in [-0.05, 0) is 25.5 Å². The Morgan fingerprint density at radius 2 is 2.20 bits per heavy atom. The predicted octanol–water partition coefficient (Wildman–Crippen LogP) is 0.738. The molecule has 0 saturated carbocycles. The third kappa shape index (κ3) is 1.93. The van der Waals surface area contributed by atoms with Gasteiger partial charge < -0.3 is 11.1 Å². The fraction of sp³-hybridized carbons (Fsp3) is 0.357. The fourth-order valence-electron chi connectivity index (χ4n) is 2.75. The molecular formula is C14H16N4O2. The molecule has 2 aromatic rings. The highest BCUT2D eigenvalue weighted by Gasteiger charge is 2.23. The Bertz CT molecular complexity index is 741. The predicted molar refractivity (Wildman–Crippen MR) is 76.4 cm³/mol. The maximum Gasteiger partial charge on any atom is 0.263 e. The number of rotatable bonds is 1. The Morgan fingerprint density at radius 1 is 1.40 bits per heavy atom. The molecule has 0 spiro atoms. The van der Waals surface area contributed by atoms with Crippen molar-refractivity contribution in [3.05, 3.63) is 34.4 Å². The molecule has 1 aliphatic rings. The molecule has 1 aromatic heterocycles. The van der Waals surface area contributed by atoms with Gasteiger partial charge in [-0.3, -0.25) is 14.2 Å². The number of aryl methyl sites for hydroxylation is 1. The number of hydrogen-bond acceptors (Lipinski definition) is 4. The number of nitrogens with one attached hydrogen (secondary N) is 1. The lowest BCUT2D eigenvalue weighted by Gasteiger charge is -2.26. The lowest BCUT2D eigenvalue weighted by Crippen LogP contribution is -2.40. The van der Waals surface area contributed by atoms with Crippen molar-refractivity contribution in [2.75, 3.05) is 12.3 Å². The van der Waals surface area contributed by atoms with Crippen molar-refractivity contribution in [2.45, 2.75) is 25.8 Å². The van der Waals surface area contributed by atoms with Gasteiger partial charge in [-0.2, -0.15) is 0 Å². The van der Waals surface area contributed by atoms with E-state index in [1.54, 1.807) is 29.7 Å². The Hall–Kier alpha value is -2.37. The maximum atomic E-state index is 12.7. The Kier molecular flexibility index (Phi) is 2.93. The van der Waals surface area contributed by atoms with Crippen molar-refractivity contribution in [3.63, 3.8) is 0 Å². The first-order chi connectivity index (χ1) is 9.58. The quantitative estimate of drug-likeness (QED) is 0.749. The summed E-state index contributed by atoms with van der Waals surface area (Å²) < 4.78 is 1.65. The van der Waals surface area contributed by atoms with E-state index in [0.29, 0.717) is 41.8 Å². The normalized spacial score (nSPS) is 19.1. The molecular weight excluding hydrogens is 256 g/mol. The highest BCUT2D eigenvalue weighted by molar-refractivity contribution is 5.89. The topological polar surface area (TPSA) is 90.0 Å². The third-order valence-corrected chi connectivity index (χ3v) is 3.74. The monoisotopic (exact) mass is 272 g/mol. The molecule has 0 bridgehead atoms. The van der Waals surface area contributed by atoms with Gasteiger partial charge in [0.15, 0.2) is 0 Å². The molecule has 1 atom stereocenters. The summed E-state index contributed by atoms with van der Waals surface area (Å²) in [6.07, 6.45) is 1.07. The van der Waals surface area contributed by atoms with Crippen molar-refractivity contribution in [3.8, 4) is 0 Å². The van der Waals surface area contributed by atoms with E-state index in [4.69, 9.17) is 5.73 Å². The molecule has 104 valence electrons. The molecule has 1 unspecified atom stereocenters. The number of fused-ring (bicyclic) bond motifs is 1. The van der Waals surface area contributed by atoms with Crippen molar-refractivity contribution >= 4 is 22.5 Å². The van der Waals surface area contributed by atoms with Crippen LogP contribution >= 0.6 is 0 Å². The number of nitrogens with zero attached hydrogens (tertiary/aromatic N) is 2. The minimum atomic E-state index is -0.133. The van der Waals surface area contributed by atoms with E-state index >= 15 is 0 Å². The summed E-state index contributed by atoms with van der Waals surface area (Å²) >= 11 is 0. The number of nitrogens with two attached hydrogens (primary N) is 1. The Morgan fingerprint density at radius 3 is 2.90 bits per heavy atom. The van der Waals surface area contributed by atoms with Gasteiger partial charge in [0.05, 0.1) is 16.9 Å². The Labute approximate surface area is 115 Å². The number of piperidine rings is 1. The number of benzene rings is 1. The van der Waals surface area contributed by atoms with Gasteiger partial charge >= 0.3 is 0 Å². The number of carbonyl (C=O) groups is 1. The average Bonchev–Trinajstić information content (AvgIpc) is 2.40. The zero-order valence-electron chi connectivity index (χ0n) is 11.2. The van der Waals surface area contributed by atoms with Crippen LogP contribution in [0.1, 0.15) is 24.7 Å². The first-order valence-corrected chi connectivity index (χ1v) is 6.62. The highest BCUT2D eigenvalue weighted by atomic mass is 16.2. The zero-order valence-corrected chi connectivity index (χ0v) is 11.2. The third-order valence-electron chi connectivity index (χ3n) is 3.74. The maximum absolute atomic E-state index is 12.7. The smallest absolute Gasteiger partial charge is 0.263 e. The summed E-state index contributed by atoms with van der Waals surface area (Å²) in [7, 11) is 0. The molecule has 1 aliphatic heterocycles. The van der Waals surface area contributed by atoms with E-state index < -0.39 is 0 Å². The second kappa shape index (κ2) is 4.63. The summed E-state index contributed by atoms with van der Waals surface area (Å²) in [4.78, 5) is 28.4. The molecule has 3 rings (SSSR count). The minimum absolute atomic E-state index is 0.0280. The summed E-state index contributed by atoms with van der Waals surface area (Å²) in [6, 6.07) is 5.21. The van der Waals surface area contributed by atoms with Gasteiger partial charge in [-0.1, -0.05) is 6.07 Å². The van der Waals surface area contributed by atoms with Gasteiger partial charge in [0.2, 0.25) is 5.91 Å². The van der Waals surface area contributed by atoms with E-state index in [1.165, 1.54) is 0 Å². The van der Waals surface area contributed by atoms with Crippen LogP contribution in [-0.4, -0.2) is 22.0 Å². The molecule has 3 N–H and O–H groups in total. The van der Waals surface area contributed by atoms with Crippen LogP contribution in [0.15, 0.2) is 23.0 Å². The molecule has 2 heterocycles. The standard InChI is InChI=1S/C14H16N4O2/c1-8-17-11-4-2-3-10(15)13(11)14(20)18(8)9-5-6-12(19)16-7-9/h2-4,9H,5-7,15H2,1H3,(H,16,19). The van der Waals surface area contributed by atoms with Crippen molar-refractivity contribution in [2.24, 2.45) is 0 Å². The van der Waals surface area contributed by atoms with Crippen LogP contribution in [0.25, 0.3) is 10.9 Å². The summed E-state index contributed by atoms with van der Waals surface area (Å²) in [5.41, 5.74) is 6.82. The van der Waals surface area contributed by atoms with Crippen LogP contribution in [0.2, 0.25) is 0 Å². The highest BCUT2D eigenvalue weighted by Crippen LogP contribution is 2.20. The molecule has 6 heteroatoms. The van der Waals surface area contributed by atoms with Crippen molar-refractivity contribution in [1.82, 2.24) is 14.9 Å². The Balaban J connectivity index is 2.18. The molecule has 1 amide bonds. The number of amides is 1. The number of anilines is 1. The average molecular weight is 272 g/mol. The summed E-state index contributed by atoms with van der Waals surface area (Å²) in [5, 5.41) is 3.24. The molecule has 0 radical (unpaired) electrons. The fourth-order valence-corrected chi connectivity index (χ4v) is 2.75. The van der Waals surface area contributed by atoms with Crippen LogP contribution in [0.5, 0.6) is 0 Å². The minimum Gasteiger partial charge on any atom is -0.398 e. The number of aromatic nitrogens is 2. The van der Waals surface area contributed by atoms with E-state index in [1.807, 2.05) is 0 Å². The summed E-state index contributed by atoms with van der Waals surface area (Å²) in [5.74, 6) is 0.675. The van der Waals surface area contributed by atoms with Crippen molar-refractivity contribution < 1.29 is 4.79 Å². The van der Waals surface area contributed by atoms with E-state index in [9.17, 15) is 9.59 Å². The lowest BCUT2D eigenvalue weighted by atomic mass is 10.1. The van der Waals surface area contributed by atoms with Crippen LogP contribution in [-0.2, 0) is 4.79 Å². The van der Waals surface area contributed by atoms with E-state index in [-0.39, 0.29) is 17.5 Å². The molecule has 6 nitrogen and oxygen atoms in total. The number of carbonyl (C=O) groups excluding carboxylic acids is 1. The second-order valence-electron chi connectivity index (χ2n) is 5.07. The van der Waals surface area contributed by atoms with Gasteiger partial charge in [0.25, 0.3) is 5.56 Å². The van der Waals surface area contributed by atoms with E-state index in [0.717, 1.165) is 0 Å². The summed E-state index contributed by atoms with van der Waals surface area (Å²) in [6.45, 7) is 2.26. The molecule has 1 saturated heterocycles. The van der Waals surface area contributed by atoms with Crippen LogP contribution < -0.4 is 16.6 Å². The van der Waals surface area contributed by atoms with Gasteiger partial charge in [-0.25, -0.2) is 4.98 Å². The van der Waals surface area contributed by atoms with Crippen LogP contribution in [0.3, 0.4) is 0 Å². The van der Waals surface area contributed by atoms with Crippen LogP contribution in [0.4, 0.5) is 5.69 Å². The first kappa shape index (κ1) is 12.7. The van der Waals surface area contributed by atoms with Gasteiger partial charge in [-0.15, -0.1) is 0 Å². The largest absolute Gasteiger partial charge is 0.398 e. The molecule has 1 aromatic carbocycles. The second-order valence-corrected chi connectivity index (χ2v) is 5.07. The molecule has 1 fully saturated rings. The lowest BCUT2D eigenvalue weighted by molar-refractivity contribution is -0.122. The van der Waals surface area contributed by atoms with Crippen molar-refractivity contribution in [1.29, 1.82) is 0 Å². The number of hydrogen-bond donors (Lipinski definition) is 2. The molecule has 0 aliphatic carbocycles. The van der Waals surface area contributed by atoms with E-state index in [2.05, 4.69) is 10.3 Å². The zero-order chi connectivity index (χ0) is 14.3. The molecule has 20 heavy (non-hydrogen) atoms. The number of nitrogen functional groups attached to an aromatic ring is 1. The van der Waals surface area contributed by atoms with Gasteiger partial charge in [0.1, 0.15) is 5.82 Å². The SMILES string of the molecule is Cc1nc2cccc(N)c2c(=O)n1C1CCC(=O)NC1. The first-order valence-electron chi connectivity index (χ1n) is 6.62. The van der Waals surface area contributed by atoms with Gasteiger partial charge in [0, 0.05) is 18.7 Å².